The van der Waals surface area contributed by atoms with Crippen molar-refractivity contribution in [3.05, 3.63) is 11.9 Å². The molecular formula is C11H19N5O2. The maximum Gasteiger partial charge on any atom is 0.148 e. The normalized spacial score (nSPS) is 19.9. The SMILES string of the molecule is CCc1c(NN)ncnc1N1CCOCC1CO. The molecule has 1 aromatic rings. The molecule has 0 amide bonds. The number of aliphatic hydroxyl groups excluding tert-OH is 1. The molecule has 2 rings (SSSR count). The lowest BCUT2D eigenvalue weighted by Crippen LogP contribution is -2.48. The van der Waals surface area contributed by atoms with E-state index in [1.165, 1.54) is 6.33 Å². The van der Waals surface area contributed by atoms with Gasteiger partial charge in [-0.2, -0.15) is 0 Å². The predicted molar refractivity (Wildman–Crippen MR) is 68.3 cm³/mol. The van der Waals surface area contributed by atoms with Crippen molar-refractivity contribution in [2.24, 2.45) is 5.84 Å². The molecule has 2 heterocycles. The zero-order chi connectivity index (χ0) is 13.0. The standard InChI is InChI=1S/C11H19N5O2/c1-2-9-10(15-12)13-7-14-11(9)16-3-4-18-6-8(16)5-17/h7-8,17H,2-6,12H2,1H3,(H,13,14,15). The number of nitrogen functional groups attached to an aromatic ring is 1. The van der Waals surface area contributed by atoms with Crippen molar-refractivity contribution in [3.63, 3.8) is 0 Å². The molecule has 1 aliphatic heterocycles. The average Bonchev–Trinajstić information content (AvgIpc) is 2.46. The summed E-state index contributed by atoms with van der Waals surface area (Å²) < 4.78 is 5.37. The Morgan fingerprint density at radius 3 is 3.11 bits per heavy atom. The molecule has 1 unspecified atom stereocenters. The van der Waals surface area contributed by atoms with Crippen molar-refractivity contribution >= 4 is 11.6 Å². The average molecular weight is 253 g/mol. The van der Waals surface area contributed by atoms with Gasteiger partial charge in [-0.25, -0.2) is 15.8 Å². The van der Waals surface area contributed by atoms with Gasteiger partial charge in [0.2, 0.25) is 0 Å². The number of hydrazine groups is 1. The van der Waals surface area contributed by atoms with Crippen LogP contribution in [0.3, 0.4) is 0 Å². The maximum atomic E-state index is 9.41. The molecule has 0 bridgehead atoms. The van der Waals surface area contributed by atoms with Gasteiger partial charge in [-0.15, -0.1) is 0 Å². The van der Waals surface area contributed by atoms with Crippen LogP contribution in [0, 0.1) is 0 Å². The van der Waals surface area contributed by atoms with Crippen LogP contribution in [0.15, 0.2) is 6.33 Å². The molecule has 0 radical (unpaired) electrons. The number of nitrogens with zero attached hydrogens (tertiary/aromatic N) is 3. The summed E-state index contributed by atoms with van der Waals surface area (Å²) in [5.41, 5.74) is 3.55. The fourth-order valence-corrected chi connectivity index (χ4v) is 2.19. The van der Waals surface area contributed by atoms with E-state index in [1.807, 2.05) is 6.92 Å². The van der Waals surface area contributed by atoms with E-state index in [9.17, 15) is 5.11 Å². The van der Waals surface area contributed by atoms with Crippen LogP contribution in [0.4, 0.5) is 11.6 Å². The Labute approximate surface area is 106 Å². The highest BCUT2D eigenvalue weighted by Crippen LogP contribution is 2.26. The second kappa shape index (κ2) is 5.94. The second-order valence-electron chi connectivity index (χ2n) is 4.13. The smallest absolute Gasteiger partial charge is 0.148 e. The topological polar surface area (TPSA) is 96.5 Å². The quantitative estimate of drug-likeness (QED) is 0.492. The largest absolute Gasteiger partial charge is 0.394 e. The first kappa shape index (κ1) is 13.0. The van der Waals surface area contributed by atoms with Gasteiger partial charge in [0, 0.05) is 12.1 Å². The van der Waals surface area contributed by atoms with Crippen LogP contribution in [0.25, 0.3) is 0 Å². The summed E-state index contributed by atoms with van der Waals surface area (Å²) in [6.45, 7) is 3.92. The van der Waals surface area contributed by atoms with Crippen molar-refractivity contribution in [1.82, 2.24) is 9.97 Å². The van der Waals surface area contributed by atoms with Gasteiger partial charge in [0.05, 0.1) is 25.9 Å². The van der Waals surface area contributed by atoms with Crippen molar-refractivity contribution < 1.29 is 9.84 Å². The Morgan fingerprint density at radius 1 is 1.61 bits per heavy atom. The molecule has 4 N–H and O–H groups in total. The number of rotatable bonds is 4. The van der Waals surface area contributed by atoms with Gasteiger partial charge in [-0.05, 0) is 6.42 Å². The number of hydrogen-bond acceptors (Lipinski definition) is 7. The van der Waals surface area contributed by atoms with E-state index in [0.29, 0.717) is 25.6 Å². The molecular weight excluding hydrogens is 234 g/mol. The number of nitrogens with two attached hydrogens (primary N) is 1. The highest BCUT2D eigenvalue weighted by atomic mass is 16.5. The first-order chi connectivity index (χ1) is 8.81. The molecule has 1 aliphatic rings. The number of aliphatic hydroxyl groups is 1. The van der Waals surface area contributed by atoms with Crippen LogP contribution in [0.5, 0.6) is 0 Å². The van der Waals surface area contributed by atoms with Gasteiger partial charge in [0.25, 0.3) is 0 Å². The van der Waals surface area contributed by atoms with E-state index in [-0.39, 0.29) is 12.6 Å². The lowest BCUT2D eigenvalue weighted by Gasteiger charge is -2.36. The molecule has 1 atom stereocenters. The first-order valence-corrected chi connectivity index (χ1v) is 6.07. The summed E-state index contributed by atoms with van der Waals surface area (Å²) in [6, 6.07) is -0.0652. The van der Waals surface area contributed by atoms with Gasteiger partial charge >= 0.3 is 0 Å². The van der Waals surface area contributed by atoms with Crippen LogP contribution in [0.1, 0.15) is 12.5 Å². The van der Waals surface area contributed by atoms with E-state index in [4.69, 9.17) is 10.6 Å². The van der Waals surface area contributed by atoms with Crippen LogP contribution in [-0.4, -0.2) is 47.5 Å². The summed E-state index contributed by atoms with van der Waals surface area (Å²) in [4.78, 5) is 10.5. The third-order valence-electron chi connectivity index (χ3n) is 3.12. The van der Waals surface area contributed by atoms with Crippen LogP contribution in [0.2, 0.25) is 0 Å². The minimum absolute atomic E-state index is 0.0402. The second-order valence-corrected chi connectivity index (χ2v) is 4.13. The lowest BCUT2D eigenvalue weighted by molar-refractivity contribution is 0.0722. The lowest BCUT2D eigenvalue weighted by atomic mass is 10.1. The molecule has 1 aromatic heterocycles. The Hall–Kier alpha value is -1.44. The van der Waals surface area contributed by atoms with E-state index in [0.717, 1.165) is 17.8 Å². The summed E-state index contributed by atoms with van der Waals surface area (Å²) in [5, 5.41) is 9.41. The fraction of sp³-hybridized carbons (Fsp3) is 0.636. The Kier molecular flexibility index (Phi) is 4.29. The highest BCUT2D eigenvalue weighted by Gasteiger charge is 2.26. The van der Waals surface area contributed by atoms with E-state index in [1.54, 1.807) is 0 Å². The first-order valence-electron chi connectivity index (χ1n) is 6.07. The molecule has 1 fully saturated rings. The predicted octanol–water partition coefficient (Wildman–Crippen LogP) is -0.478. The summed E-state index contributed by atoms with van der Waals surface area (Å²) in [6.07, 6.45) is 2.25. The van der Waals surface area contributed by atoms with Crippen LogP contribution >= 0.6 is 0 Å². The van der Waals surface area contributed by atoms with Crippen LogP contribution in [-0.2, 0) is 11.2 Å². The number of aromatic nitrogens is 2. The molecule has 0 aromatic carbocycles. The molecule has 0 aliphatic carbocycles. The minimum Gasteiger partial charge on any atom is -0.394 e. The molecule has 0 saturated carbocycles. The van der Waals surface area contributed by atoms with Gasteiger partial charge in [-0.3, -0.25) is 0 Å². The van der Waals surface area contributed by atoms with E-state index >= 15 is 0 Å². The summed E-state index contributed by atoms with van der Waals surface area (Å²) in [5.74, 6) is 6.91. The third-order valence-corrected chi connectivity index (χ3v) is 3.12. The number of anilines is 2. The molecule has 1 saturated heterocycles. The molecule has 100 valence electrons. The number of morpholine rings is 1. The van der Waals surface area contributed by atoms with E-state index < -0.39 is 0 Å². The van der Waals surface area contributed by atoms with Crippen LogP contribution < -0.4 is 16.2 Å². The third kappa shape index (κ3) is 2.38. The fourth-order valence-electron chi connectivity index (χ4n) is 2.19. The zero-order valence-electron chi connectivity index (χ0n) is 10.5. The van der Waals surface area contributed by atoms with Crippen molar-refractivity contribution in [1.29, 1.82) is 0 Å². The molecule has 7 nitrogen and oxygen atoms in total. The van der Waals surface area contributed by atoms with Crippen molar-refractivity contribution in [2.45, 2.75) is 19.4 Å². The number of hydrogen-bond donors (Lipinski definition) is 3. The Bertz CT molecular complexity index is 401. The van der Waals surface area contributed by atoms with Crippen molar-refractivity contribution in [3.8, 4) is 0 Å². The number of ether oxygens (including phenoxy) is 1. The van der Waals surface area contributed by atoms with Gasteiger partial charge < -0.3 is 20.2 Å². The number of nitrogens with one attached hydrogen (secondary N) is 1. The van der Waals surface area contributed by atoms with Crippen molar-refractivity contribution in [2.75, 3.05) is 36.7 Å². The van der Waals surface area contributed by atoms with Gasteiger partial charge in [-0.1, -0.05) is 6.92 Å². The Morgan fingerprint density at radius 2 is 2.44 bits per heavy atom. The summed E-state index contributed by atoms with van der Waals surface area (Å²) in [7, 11) is 0. The molecule has 7 heteroatoms. The highest BCUT2D eigenvalue weighted by molar-refractivity contribution is 5.59. The summed E-state index contributed by atoms with van der Waals surface area (Å²) >= 11 is 0. The van der Waals surface area contributed by atoms with Gasteiger partial charge in [0.1, 0.15) is 18.0 Å². The maximum absolute atomic E-state index is 9.41. The van der Waals surface area contributed by atoms with Gasteiger partial charge in [0.15, 0.2) is 0 Å². The molecule has 18 heavy (non-hydrogen) atoms. The monoisotopic (exact) mass is 253 g/mol. The molecule has 0 spiro atoms. The Balaban J connectivity index is 2.36. The minimum atomic E-state index is -0.0652. The van der Waals surface area contributed by atoms with E-state index in [2.05, 4.69) is 20.3 Å². The zero-order valence-corrected chi connectivity index (χ0v) is 10.5.